The summed E-state index contributed by atoms with van der Waals surface area (Å²) in [5, 5.41) is 17.5. The summed E-state index contributed by atoms with van der Waals surface area (Å²) in [6, 6.07) is 9.01. The van der Waals surface area contributed by atoms with Crippen molar-refractivity contribution in [2.45, 2.75) is 26.3 Å². The van der Waals surface area contributed by atoms with E-state index in [4.69, 9.17) is 5.26 Å². The van der Waals surface area contributed by atoms with Gasteiger partial charge in [-0.15, -0.1) is 11.3 Å². The second-order valence-corrected chi connectivity index (χ2v) is 5.70. The minimum absolute atomic E-state index is 0.199. The van der Waals surface area contributed by atoms with Gasteiger partial charge in [0.15, 0.2) is 0 Å². The van der Waals surface area contributed by atoms with Gasteiger partial charge >= 0.3 is 6.03 Å². The molecule has 2 N–H and O–H groups in total. The van der Waals surface area contributed by atoms with Crippen molar-refractivity contribution in [2.24, 2.45) is 0 Å². The predicted molar refractivity (Wildman–Crippen MR) is 86.6 cm³/mol. The lowest BCUT2D eigenvalue weighted by atomic mass is 10.1. The van der Waals surface area contributed by atoms with Gasteiger partial charge in [-0.25, -0.2) is 9.78 Å². The molecule has 0 unspecified atom stereocenters. The number of hydrogen-bond acceptors (Lipinski definition) is 4. The summed E-state index contributed by atoms with van der Waals surface area (Å²) in [4.78, 5) is 16.2. The fraction of sp³-hybridized carbons (Fsp3) is 0.312. The van der Waals surface area contributed by atoms with Crippen molar-refractivity contribution in [3.63, 3.8) is 0 Å². The first-order chi connectivity index (χ1) is 10.7. The van der Waals surface area contributed by atoms with Crippen LogP contribution < -0.4 is 10.6 Å². The standard InChI is InChI=1S/C16H18N4OS/c1-2-15-20-14(11-22-15)7-8-18-16(21)19-10-13-5-3-12(9-17)4-6-13/h3-6,11H,2,7-8,10H2,1H3,(H2,18,19,21). The van der Waals surface area contributed by atoms with Crippen molar-refractivity contribution in [1.29, 1.82) is 5.26 Å². The van der Waals surface area contributed by atoms with Crippen molar-refractivity contribution in [3.05, 3.63) is 51.5 Å². The monoisotopic (exact) mass is 314 g/mol. The van der Waals surface area contributed by atoms with Gasteiger partial charge in [0, 0.05) is 24.9 Å². The van der Waals surface area contributed by atoms with E-state index in [1.54, 1.807) is 23.5 Å². The van der Waals surface area contributed by atoms with Crippen LogP contribution >= 0.6 is 11.3 Å². The van der Waals surface area contributed by atoms with E-state index in [0.717, 1.165) is 29.1 Å². The number of rotatable bonds is 6. The molecule has 1 aromatic heterocycles. The molecule has 0 atom stereocenters. The molecule has 0 radical (unpaired) electrons. The van der Waals surface area contributed by atoms with Crippen LogP contribution in [0, 0.1) is 11.3 Å². The van der Waals surface area contributed by atoms with Gasteiger partial charge in [0.05, 0.1) is 22.3 Å². The third-order valence-electron chi connectivity index (χ3n) is 3.10. The molecule has 2 rings (SSSR count). The average Bonchev–Trinajstić information content (AvgIpc) is 3.01. The quantitative estimate of drug-likeness (QED) is 0.860. The van der Waals surface area contributed by atoms with Crippen LogP contribution in [-0.2, 0) is 19.4 Å². The van der Waals surface area contributed by atoms with Gasteiger partial charge in [-0.2, -0.15) is 5.26 Å². The maximum Gasteiger partial charge on any atom is 0.315 e. The molecule has 0 spiro atoms. The Balaban J connectivity index is 1.68. The molecule has 1 aromatic carbocycles. The predicted octanol–water partition coefficient (Wildman–Crippen LogP) is 2.62. The maximum atomic E-state index is 11.7. The fourth-order valence-electron chi connectivity index (χ4n) is 1.87. The number of thiazole rings is 1. The molecular formula is C16H18N4OS. The average molecular weight is 314 g/mol. The number of hydrogen-bond donors (Lipinski definition) is 2. The summed E-state index contributed by atoms with van der Waals surface area (Å²) < 4.78 is 0. The molecule has 2 aromatic rings. The number of aromatic nitrogens is 1. The van der Waals surface area contributed by atoms with Crippen molar-refractivity contribution in [2.75, 3.05) is 6.54 Å². The molecule has 114 valence electrons. The van der Waals surface area contributed by atoms with Crippen LogP contribution in [0.3, 0.4) is 0 Å². The first kappa shape index (κ1) is 16.0. The first-order valence-corrected chi connectivity index (χ1v) is 8.03. The van der Waals surface area contributed by atoms with Gasteiger partial charge in [0.25, 0.3) is 0 Å². The van der Waals surface area contributed by atoms with Crippen molar-refractivity contribution in [1.82, 2.24) is 15.6 Å². The van der Waals surface area contributed by atoms with E-state index < -0.39 is 0 Å². The van der Waals surface area contributed by atoms with Crippen LogP contribution in [0.5, 0.6) is 0 Å². The van der Waals surface area contributed by atoms with E-state index in [1.807, 2.05) is 17.5 Å². The number of aryl methyl sites for hydroxylation is 1. The summed E-state index contributed by atoms with van der Waals surface area (Å²) in [7, 11) is 0. The number of amides is 2. The number of carbonyl (C=O) groups is 1. The number of carbonyl (C=O) groups excluding carboxylic acids is 1. The molecule has 0 saturated heterocycles. The number of nitriles is 1. The highest BCUT2D eigenvalue weighted by molar-refractivity contribution is 7.09. The van der Waals surface area contributed by atoms with E-state index in [9.17, 15) is 4.79 Å². The van der Waals surface area contributed by atoms with Crippen LogP contribution in [-0.4, -0.2) is 17.6 Å². The SMILES string of the molecule is CCc1nc(CCNC(=O)NCc2ccc(C#N)cc2)cs1. The van der Waals surface area contributed by atoms with Gasteiger partial charge in [0.1, 0.15) is 0 Å². The third kappa shape index (κ3) is 4.86. The summed E-state index contributed by atoms with van der Waals surface area (Å²) >= 11 is 1.66. The van der Waals surface area contributed by atoms with Crippen LogP contribution in [0.15, 0.2) is 29.6 Å². The molecule has 0 aliphatic rings. The zero-order valence-electron chi connectivity index (χ0n) is 12.4. The van der Waals surface area contributed by atoms with E-state index in [-0.39, 0.29) is 6.03 Å². The Morgan fingerprint density at radius 3 is 2.73 bits per heavy atom. The minimum atomic E-state index is -0.199. The minimum Gasteiger partial charge on any atom is -0.338 e. The van der Waals surface area contributed by atoms with Crippen LogP contribution in [0.1, 0.15) is 28.8 Å². The van der Waals surface area contributed by atoms with E-state index >= 15 is 0 Å². The van der Waals surface area contributed by atoms with Crippen LogP contribution in [0.4, 0.5) is 4.79 Å². The molecule has 0 aliphatic heterocycles. The van der Waals surface area contributed by atoms with Gasteiger partial charge < -0.3 is 10.6 Å². The van der Waals surface area contributed by atoms with E-state index in [2.05, 4.69) is 28.6 Å². The van der Waals surface area contributed by atoms with Crippen molar-refractivity contribution < 1.29 is 4.79 Å². The Labute approximate surface area is 134 Å². The van der Waals surface area contributed by atoms with Crippen LogP contribution in [0.25, 0.3) is 0 Å². The van der Waals surface area contributed by atoms with E-state index in [1.165, 1.54) is 0 Å². The lowest BCUT2D eigenvalue weighted by Crippen LogP contribution is -2.36. The van der Waals surface area contributed by atoms with Gasteiger partial charge in [0.2, 0.25) is 0 Å². The van der Waals surface area contributed by atoms with Crippen molar-refractivity contribution >= 4 is 17.4 Å². The molecule has 1 heterocycles. The van der Waals surface area contributed by atoms with Gasteiger partial charge in [-0.05, 0) is 24.1 Å². The second kappa shape index (κ2) is 8.15. The van der Waals surface area contributed by atoms with E-state index in [0.29, 0.717) is 18.7 Å². The highest BCUT2D eigenvalue weighted by Gasteiger charge is 2.03. The Morgan fingerprint density at radius 1 is 1.32 bits per heavy atom. The Bertz CT molecular complexity index is 658. The number of nitrogens with zero attached hydrogens (tertiary/aromatic N) is 2. The molecular weight excluding hydrogens is 296 g/mol. The molecule has 0 fully saturated rings. The third-order valence-corrected chi connectivity index (χ3v) is 4.15. The lowest BCUT2D eigenvalue weighted by Gasteiger charge is -2.07. The smallest absolute Gasteiger partial charge is 0.315 e. The zero-order valence-corrected chi connectivity index (χ0v) is 13.2. The normalized spacial score (nSPS) is 10.0. The largest absolute Gasteiger partial charge is 0.338 e. The topological polar surface area (TPSA) is 77.8 Å². The highest BCUT2D eigenvalue weighted by Crippen LogP contribution is 2.10. The number of urea groups is 1. The van der Waals surface area contributed by atoms with Gasteiger partial charge in [-0.3, -0.25) is 0 Å². The summed E-state index contributed by atoms with van der Waals surface area (Å²) in [5.74, 6) is 0. The second-order valence-electron chi connectivity index (χ2n) is 4.75. The molecule has 0 saturated carbocycles. The molecule has 5 nitrogen and oxygen atoms in total. The first-order valence-electron chi connectivity index (χ1n) is 7.15. The van der Waals surface area contributed by atoms with Crippen molar-refractivity contribution in [3.8, 4) is 6.07 Å². The van der Waals surface area contributed by atoms with Crippen LogP contribution in [0.2, 0.25) is 0 Å². The fourth-order valence-corrected chi connectivity index (χ4v) is 2.65. The summed E-state index contributed by atoms with van der Waals surface area (Å²) in [6.07, 6.45) is 1.68. The zero-order chi connectivity index (χ0) is 15.8. The molecule has 0 aliphatic carbocycles. The molecule has 2 amide bonds. The Kier molecular flexibility index (Phi) is 5.92. The van der Waals surface area contributed by atoms with Gasteiger partial charge in [-0.1, -0.05) is 19.1 Å². The Morgan fingerprint density at radius 2 is 2.09 bits per heavy atom. The maximum absolute atomic E-state index is 11.7. The summed E-state index contributed by atoms with van der Waals surface area (Å²) in [6.45, 7) is 3.08. The summed E-state index contributed by atoms with van der Waals surface area (Å²) in [5.41, 5.74) is 2.60. The number of nitrogens with one attached hydrogen (secondary N) is 2. The number of benzene rings is 1. The highest BCUT2D eigenvalue weighted by atomic mass is 32.1. The Hall–Kier alpha value is -2.39. The lowest BCUT2D eigenvalue weighted by molar-refractivity contribution is 0.240. The molecule has 6 heteroatoms. The molecule has 22 heavy (non-hydrogen) atoms. The molecule has 0 bridgehead atoms.